The van der Waals surface area contributed by atoms with E-state index in [9.17, 15) is 13.2 Å². The Bertz CT molecular complexity index is 236. The lowest BCUT2D eigenvalue weighted by Crippen LogP contribution is -2.29. The monoisotopic (exact) mass is 168 g/mol. The largest absolute Gasteiger partial charge is 0.329 e. The van der Waals surface area contributed by atoms with E-state index in [-0.39, 0.29) is 0 Å². The SMILES string of the molecule is [2H]CN(CS(=O)(=O)O)C(C)=O. The zero-order valence-electron chi connectivity index (χ0n) is 6.44. The number of rotatable bonds is 2. The summed E-state index contributed by atoms with van der Waals surface area (Å²) in [6, 6.07) is 0. The predicted molar refractivity (Wildman–Crippen MR) is 34.9 cm³/mol. The zero-order chi connectivity index (χ0) is 9.07. The Hall–Kier alpha value is -0.620. The van der Waals surface area contributed by atoms with Crippen LogP contribution in [0.4, 0.5) is 0 Å². The van der Waals surface area contributed by atoms with E-state index in [0.717, 1.165) is 6.92 Å². The van der Waals surface area contributed by atoms with E-state index in [1.54, 1.807) is 0 Å². The van der Waals surface area contributed by atoms with Crippen LogP contribution in [0.15, 0.2) is 0 Å². The molecule has 0 unspecified atom stereocenters. The Kier molecular flexibility index (Phi) is 2.23. The Morgan fingerprint density at radius 1 is 1.80 bits per heavy atom. The molecule has 0 rings (SSSR count). The predicted octanol–water partition coefficient (Wildman–Crippen LogP) is -0.690. The van der Waals surface area contributed by atoms with E-state index in [1.807, 2.05) is 0 Å². The molecule has 0 radical (unpaired) electrons. The van der Waals surface area contributed by atoms with E-state index >= 15 is 0 Å². The molecule has 0 spiro atoms. The number of amides is 1. The van der Waals surface area contributed by atoms with E-state index < -0.39 is 28.9 Å². The maximum atomic E-state index is 10.5. The summed E-state index contributed by atoms with van der Waals surface area (Å²) in [6.07, 6.45) is 0. The molecule has 0 saturated heterocycles. The van der Waals surface area contributed by atoms with Crippen LogP contribution in [0.25, 0.3) is 0 Å². The topological polar surface area (TPSA) is 74.7 Å². The fourth-order valence-corrected chi connectivity index (χ4v) is 0.864. The molecular formula is C4H9NO4S. The van der Waals surface area contributed by atoms with Gasteiger partial charge in [0.25, 0.3) is 10.1 Å². The van der Waals surface area contributed by atoms with Gasteiger partial charge in [-0.3, -0.25) is 9.35 Å². The molecule has 0 aliphatic heterocycles. The lowest BCUT2D eigenvalue weighted by molar-refractivity contribution is -0.126. The molecule has 0 aromatic heterocycles. The second-order valence-electron chi connectivity index (χ2n) is 1.77. The maximum Gasteiger partial charge on any atom is 0.283 e. The van der Waals surface area contributed by atoms with Gasteiger partial charge < -0.3 is 4.90 Å². The summed E-state index contributed by atoms with van der Waals surface area (Å²) in [4.78, 5) is 11.2. The molecule has 0 fully saturated rings. The van der Waals surface area contributed by atoms with Crippen LogP contribution < -0.4 is 0 Å². The van der Waals surface area contributed by atoms with Gasteiger partial charge in [-0.25, -0.2) is 0 Å². The van der Waals surface area contributed by atoms with Crippen molar-refractivity contribution in [3.8, 4) is 0 Å². The van der Waals surface area contributed by atoms with Crippen LogP contribution in [0.5, 0.6) is 0 Å². The first-order chi connectivity index (χ1) is 4.87. The smallest absolute Gasteiger partial charge is 0.283 e. The highest BCUT2D eigenvalue weighted by atomic mass is 32.2. The molecule has 5 nitrogen and oxygen atoms in total. The molecule has 1 N–H and O–H groups in total. The normalized spacial score (nSPS) is 12.4. The van der Waals surface area contributed by atoms with Gasteiger partial charge in [0.2, 0.25) is 5.91 Å². The van der Waals surface area contributed by atoms with E-state index in [2.05, 4.69) is 0 Å². The third-order valence-corrected chi connectivity index (χ3v) is 1.40. The lowest BCUT2D eigenvalue weighted by atomic mass is 10.6. The van der Waals surface area contributed by atoms with Crippen LogP contribution in [0, 0.1) is 0 Å². The minimum atomic E-state index is -4.20. The summed E-state index contributed by atoms with van der Waals surface area (Å²) < 4.78 is 35.3. The first kappa shape index (κ1) is 7.49. The van der Waals surface area contributed by atoms with Crippen molar-refractivity contribution in [1.29, 1.82) is 0 Å². The van der Waals surface area contributed by atoms with Crippen LogP contribution in [0.1, 0.15) is 8.29 Å². The van der Waals surface area contributed by atoms with Gasteiger partial charge in [-0.2, -0.15) is 8.42 Å². The summed E-state index contributed by atoms with van der Waals surface area (Å²) in [6.45, 7) is 1.12. The average molecular weight is 168 g/mol. The van der Waals surface area contributed by atoms with Gasteiger partial charge in [0, 0.05) is 15.3 Å². The molecule has 60 valence electrons. The van der Waals surface area contributed by atoms with Crippen molar-refractivity contribution in [3.63, 3.8) is 0 Å². The number of carbonyl (C=O) groups is 1. The van der Waals surface area contributed by atoms with Gasteiger partial charge in [0.05, 0.1) is 0 Å². The molecule has 0 heterocycles. The molecule has 0 saturated carbocycles. The molecule has 10 heavy (non-hydrogen) atoms. The molecule has 1 amide bonds. The van der Waals surface area contributed by atoms with E-state index in [4.69, 9.17) is 5.92 Å². The summed E-state index contributed by atoms with van der Waals surface area (Å²) in [5.74, 6) is -1.37. The third-order valence-electron chi connectivity index (χ3n) is 0.764. The summed E-state index contributed by atoms with van der Waals surface area (Å²) in [7, 11) is -4.67. The first-order valence-corrected chi connectivity index (χ1v) is 3.97. The zero-order valence-corrected chi connectivity index (χ0v) is 6.26. The minimum absolute atomic E-state index is 0.477. The molecule has 0 aliphatic rings. The highest BCUT2D eigenvalue weighted by Crippen LogP contribution is 1.88. The third kappa shape index (κ3) is 4.28. The average Bonchev–Trinajstić information content (AvgIpc) is 1.80. The molecule has 0 aromatic carbocycles. The molecular weight excluding hydrogens is 158 g/mol. The Balaban J connectivity index is 4.22. The van der Waals surface area contributed by atoms with Crippen LogP contribution in [-0.2, 0) is 14.9 Å². The summed E-state index contributed by atoms with van der Waals surface area (Å²) >= 11 is 0. The van der Waals surface area contributed by atoms with Crippen molar-refractivity contribution in [2.24, 2.45) is 0 Å². The van der Waals surface area contributed by atoms with Gasteiger partial charge >= 0.3 is 0 Å². The maximum absolute atomic E-state index is 10.5. The molecule has 0 atom stereocenters. The molecule has 0 bridgehead atoms. The van der Waals surface area contributed by atoms with Gasteiger partial charge in [0.15, 0.2) is 0 Å². The van der Waals surface area contributed by atoms with Gasteiger partial charge in [-0.05, 0) is 0 Å². The van der Waals surface area contributed by atoms with Crippen LogP contribution >= 0.6 is 0 Å². The van der Waals surface area contributed by atoms with Gasteiger partial charge in [-0.1, -0.05) is 0 Å². The van der Waals surface area contributed by atoms with Crippen LogP contribution in [0.2, 0.25) is 0 Å². The molecule has 0 aromatic rings. The number of carbonyl (C=O) groups excluding carboxylic acids is 1. The van der Waals surface area contributed by atoms with Crippen LogP contribution in [0.3, 0.4) is 0 Å². The highest BCUT2D eigenvalue weighted by Gasteiger charge is 2.10. The van der Waals surface area contributed by atoms with Crippen LogP contribution in [-0.4, -0.2) is 36.7 Å². The Labute approximate surface area is 60.8 Å². The Morgan fingerprint density at radius 2 is 2.30 bits per heavy atom. The quantitative estimate of drug-likeness (QED) is 0.554. The van der Waals surface area contributed by atoms with Crippen molar-refractivity contribution < 1.29 is 19.1 Å². The van der Waals surface area contributed by atoms with Crippen molar-refractivity contribution in [2.75, 3.05) is 12.9 Å². The van der Waals surface area contributed by atoms with E-state index in [1.165, 1.54) is 0 Å². The summed E-state index contributed by atoms with van der Waals surface area (Å²) in [5.41, 5.74) is 0. The van der Waals surface area contributed by atoms with Crippen molar-refractivity contribution in [2.45, 2.75) is 6.92 Å². The second kappa shape index (κ2) is 2.98. The number of nitrogens with zero attached hydrogens (tertiary/aromatic N) is 1. The van der Waals surface area contributed by atoms with Crippen molar-refractivity contribution in [1.82, 2.24) is 4.90 Å². The second-order valence-corrected chi connectivity index (χ2v) is 3.19. The number of hydrogen-bond acceptors (Lipinski definition) is 3. The van der Waals surface area contributed by atoms with Gasteiger partial charge in [0.1, 0.15) is 5.88 Å². The standard InChI is InChI=1S/C4H9NO4S/c1-4(6)5(2)3-10(7,8)9/h3H2,1-2H3,(H,7,8,9)/i2D. The van der Waals surface area contributed by atoms with Gasteiger partial charge in [-0.15, -0.1) is 0 Å². The highest BCUT2D eigenvalue weighted by molar-refractivity contribution is 7.85. The lowest BCUT2D eigenvalue weighted by Gasteiger charge is -2.10. The molecule has 0 aliphatic carbocycles. The fourth-order valence-electron chi connectivity index (χ4n) is 0.288. The molecule has 6 heteroatoms. The minimum Gasteiger partial charge on any atom is -0.329 e. The summed E-state index contributed by atoms with van der Waals surface area (Å²) in [5, 5.41) is 0. The van der Waals surface area contributed by atoms with Crippen molar-refractivity contribution in [3.05, 3.63) is 0 Å². The van der Waals surface area contributed by atoms with E-state index in [0.29, 0.717) is 4.90 Å². The number of hydrogen-bond donors (Lipinski definition) is 1. The first-order valence-electron chi connectivity index (χ1n) is 3.07. The van der Waals surface area contributed by atoms with Crippen molar-refractivity contribution >= 4 is 16.0 Å². The Morgan fingerprint density at radius 3 is 2.40 bits per heavy atom. The fraction of sp³-hybridized carbons (Fsp3) is 0.750.